The Kier molecular flexibility index (Phi) is 3.21. The van der Waals surface area contributed by atoms with E-state index in [9.17, 15) is 5.11 Å². The average molecular weight is 250 g/mol. The van der Waals surface area contributed by atoms with Crippen LogP contribution in [0.1, 0.15) is 17.5 Å². The molecule has 0 radical (unpaired) electrons. The Bertz CT molecular complexity index is 677. The van der Waals surface area contributed by atoms with Gasteiger partial charge in [0.15, 0.2) is 5.82 Å². The van der Waals surface area contributed by atoms with Crippen LogP contribution in [-0.2, 0) is 6.42 Å². The molecule has 3 nitrogen and oxygen atoms in total. The topological polar surface area (TPSA) is 46.0 Å². The lowest BCUT2D eigenvalue weighted by Gasteiger charge is -2.11. The number of aromatic nitrogens is 2. The molecular formula is C16H14N2O. The summed E-state index contributed by atoms with van der Waals surface area (Å²) in [4.78, 5) is 8.19. The summed E-state index contributed by atoms with van der Waals surface area (Å²) < 4.78 is 0. The van der Waals surface area contributed by atoms with Gasteiger partial charge in [0, 0.05) is 18.8 Å². The summed E-state index contributed by atoms with van der Waals surface area (Å²) >= 11 is 0. The molecule has 19 heavy (non-hydrogen) atoms. The standard InChI is InChI=1S/C16H14N2O/c19-15(16-17-9-4-10-18-16)11-13-7-3-6-12-5-1-2-8-14(12)13/h1-10,15,19H,11H2. The predicted molar refractivity (Wildman–Crippen MR) is 74.6 cm³/mol. The van der Waals surface area contributed by atoms with Crippen molar-refractivity contribution in [2.75, 3.05) is 0 Å². The molecule has 0 saturated carbocycles. The lowest BCUT2D eigenvalue weighted by molar-refractivity contribution is 0.168. The van der Waals surface area contributed by atoms with Gasteiger partial charge >= 0.3 is 0 Å². The van der Waals surface area contributed by atoms with E-state index < -0.39 is 6.10 Å². The number of aliphatic hydroxyl groups is 1. The Labute approximate surface area is 111 Å². The summed E-state index contributed by atoms with van der Waals surface area (Å²) in [6.07, 6.45) is 3.14. The number of hydrogen-bond donors (Lipinski definition) is 1. The molecule has 1 heterocycles. The highest BCUT2D eigenvalue weighted by atomic mass is 16.3. The van der Waals surface area contributed by atoms with Gasteiger partial charge in [-0.2, -0.15) is 0 Å². The monoisotopic (exact) mass is 250 g/mol. The van der Waals surface area contributed by atoms with Crippen molar-refractivity contribution < 1.29 is 5.11 Å². The first-order valence-corrected chi connectivity index (χ1v) is 6.26. The number of hydrogen-bond acceptors (Lipinski definition) is 3. The van der Waals surface area contributed by atoms with Crippen LogP contribution in [0.4, 0.5) is 0 Å². The first-order valence-electron chi connectivity index (χ1n) is 6.26. The van der Waals surface area contributed by atoms with Gasteiger partial charge in [0.2, 0.25) is 0 Å². The number of fused-ring (bicyclic) bond motifs is 1. The summed E-state index contributed by atoms with van der Waals surface area (Å²) in [7, 11) is 0. The van der Waals surface area contributed by atoms with E-state index in [1.165, 1.54) is 10.8 Å². The molecule has 0 aliphatic rings. The summed E-state index contributed by atoms with van der Waals surface area (Å²) in [5.41, 5.74) is 1.11. The zero-order valence-electron chi connectivity index (χ0n) is 10.4. The molecule has 1 N–H and O–H groups in total. The maximum atomic E-state index is 10.2. The molecule has 0 fully saturated rings. The Morgan fingerprint density at radius 2 is 1.63 bits per heavy atom. The smallest absolute Gasteiger partial charge is 0.157 e. The third-order valence-corrected chi connectivity index (χ3v) is 3.18. The van der Waals surface area contributed by atoms with Gasteiger partial charge in [0.1, 0.15) is 6.10 Å². The Hall–Kier alpha value is -2.26. The molecule has 2 aromatic carbocycles. The van der Waals surface area contributed by atoms with Crippen LogP contribution in [0.25, 0.3) is 10.8 Å². The third-order valence-electron chi connectivity index (χ3n) is 3.18. The van der Waals surface area contributed by atoms with Gasteiger partial charge in [-0.05, 0) is 22.4 Å². The van der Waals surface area contributed by atoms with Crippen LogP contribution in [0.2, 0.25) is 0 Å². The normalized spacial score (nSPS) is 12.5. The minimum atomic E-state index is -0.674. The van der Waals surface area contributed by atoms with Crippen LogP contribution in [0.15, 0.2) is 60.9 Å². The van der Waals surface area contributed by atoms with Crippen molar-refractivity contribution in [3.8, 4) is 0 Å². The van der Waals surface area contributed by atoms with Gasteiger partial charge in [-0.15, -0.1) is 0 Å². The molecular weight excluding hydrogens is 236 g/mol. The quantitative estimate of drug-likeness (QED) is 0.777. The Morgan fingerprint density at radius 1 is 0.895 bits per heavy atom. The number of nitrogens with zero attached hydrogens (tertiary/aromatic N) is 2. The van der Waals surface area contributed by atoms with Crippen LogP contribution in [0.3, 0.4) is 0 Å². The summed E-state index contributed by atoms with van der Waals surface area (Å²) in [6, 6.07) is 16.0. The lowest BCUT2D eigenvalue weighted by atomic mass is 9.99. The molecule has 0 amide bonds. The number of rotatable bonds is 3. The highest BCUT2D eigenvalue weighted by Crippen LogP contribution is 2.23. The lowest BCUT2D eigenvalue weighted by Crippen LogP contribution is -2.06. The minimum Gasteiger partial charge on any atom is -0.385 e. The van der Waals surface area contributed by atoms with Crippen LogP contribution in [0, 0.1) is 0 Å². The molecule has 0 spiro atoms. The Balaban J connectivity index is 1.94. The summed E-state index contributed by atoms with van der Waals surface area (Å²) in [5, 5.41) is 12.6. The molecule has 1 unspecified atom stereocenters. The van der Waals surface area contributed by atoms with E-state index in [1.807, 2.05) is 24.3 Å². The van der Waals surface area contributed by atoms with Gasteiger partial charge in [0.25, 0.3) is 0 Å². The zero-order valence-corrected chi connectivity index (χ0v) is 10.4. The van der Waals surface area contributed by atoms with Crippen molar-refractivity contribution in [1.82, 2.24) is 9.97 Å². The first kappa shape index (κ1) is 11.8. The molecule has 3 rings (SSSR count). The van der Waals surface area contributed by atoms with Crippen molar-refractivity contribution in [2.24, 2.45) is 0 Å². The van der Waals surface area contributed by atoms with E-state index in [0.717, 1.165) is 5.56 Å². The predicted octanol–water partition coefficient (Wildman–Crippen LogP) is 2.91. The van der Waals surface area contributed by atoms with Crippen molar-refractivity contribution in [3.05, 3.63) is 72.3 Å². The maximum absolute atomic E-state index is 10.2. The fourth-order valence-corrected chi connectivity index (χ4v) is 2.25. The SMILES string of the molecule is OC(Cc1cccc2ccccc12)c1ncccn1. The van der Waals surface area contributed by atoms with Gasteiger partial charge in [-0.3, -0.25) is 0 Å². The van der Waals surface area contributed by atoms with E-state index in [0.29, 0.717) is 12.2 Å². The van der Waals surface area contributed by atoms with E-state index in [1.54, 1.807) is 18.5 Å². The number of aliphatic hydroxyl groups excluding tert-OH is 1. The fourth-order valence-electron chi connectivity index (χ4n) is 2.25. The van der Waals surface area contributed by atoms with E-state index in [-0.39, 0.29) is 0 Å². The molecule has 0 aliphatic heterocycles. The van der Waals surface area contributed by atoms with Gasteiger partial charge in [-0.1, -0.05) is 42.5 Å². The molecule has 0 aliphatic carbocycles. The van der Waals surface area contributed by atoms with Crippen LogP contribution < -0.4 is 0 Å². The van der Waals surface area contributed by atoms with Gasteiger partial charge in [0.05, 0.1) is 0 Å². The molecule has 1 aromatic heterocycles. The molecule has 3 aromatic rings. The highest BCUT2D eigenvalue weighted by molar-refractivity contribution is 5.85. The van der Waals surface area contributed by atoms with Gasteiger partial charge < -0.3 is 5.11 Å². The van der Waals surface area contributed by atoms with Crippen molar-refractivity contribution >= 4 is 10.8 Å². The first-order chi connectivity index (χ1) is 9.34. The van der Waals surface area contributed by atoms with E-state index in [2.05, 4.69) is 28.2 Å². The second kappa shape index (κ2) is 5.16. The fraction of sp³-hybridized carbons (Fsp3) is 0.125. The third kappa shape index (κ3) is 2.46. The van der Waals surface area contributed by atoms with Crippen LogP contribution in [-0.4, -0.2) is 15.1 Å². The van der Waals surface area contributed by atoms with Crippen LogP contribution in [0.5, 0.6) is 0 Å². The second-order valence-electron chi connectivity index (χ2n) is 4.47. The minimum absolute atomic E-state index is 0.468. The summed E-state index contributed by atoms with van der Waals surface area (Å²) in [5.74, 6) is 0.468. The van der Waals surface area contributed by atoms with Gasteiger partial charge in [-0.25, -0.2) is 9.97 Å². The van der Waals surface area contributed by atoms with Crippen molar-refractivity contribution in [2.45, 2.75) is 12.5 Å². The van der Waals surface area contributed by atoms with E-state index in [4.69, 9.17) is 0 Å². The molecule has 0 saturated heterocycles. The molecule has 0 bridgehead atoms. The molecule has 1 atom stereocenters. The van der Waals surface area contributed by atoms with Crippen molar-refractivity contribution in [3.63, 3.8) is 0 Å². The second-order valence-corrected chi connectivity index (χ2v) is 4.47. The van der Waals surface area contributed by atoms with Crippen molar-refractivity contribution in [1.29, 1.82) is 0 Å². The average Bonchev–Trinajstić information content (AvgIpc) is 2.48. The van der Waals surface area contributed by atoms with E-state index >= 15 is 0 Å². The molecule has 3 heteroatoms. The largest absolute Gasteiger partial charge is 0.385 e. The maximum Gasteiger partial charge on any atom is 0.157 e. The summed E-state index contributed by atoms with van der Waals surface area (Å²) in [6.45, 7) is 0. The zero-order chi connectivity index (χ0) is 13.1. The van der Waals surface area contributed by atoms with Crippen LogP contribution >= 0.6 is 0 Å². The Morgan fingerprint density at radius 3 is 2.47 bits per heavy atom. The number of benzene rings is 2. The molecule has 94 valence electrons. The highest BCUT2D eigenvalue weighted by Gasteiger charge is 2.12.